The molecule has 18 heavy (non-hydrogen) atoms. The van der Waals surface area contributed by atoms with Gasteiger partial charge < -0.3 is 11.1 Å². The molecule has 1 aromatic carbocycles. The first-order chi connectivity index (χ1) is 8.41. The van der Waals surface area contributed by atoms with Crippen LogP contribution >= 0.6 is 12.2 Å². The van der Waals surface area contributed by atoms with Crippen molar-refractivity contribution in [1.82, 2.24) is 5.32 Å². The van der Waals surface area contributed by atoms with Gasteiger partial charge in [-0.1, -0.05) is 50.3 Å². The standard InChI is InChI=1S/C14H20N2OS/c1-9(2)13(14(15)18)16-12(17)8-11-7-5-4-6-10(11)3/h4-7,9,13H,8H2,1-3H3,(H2,15,18)(H,16,17). The van der Waals surface area contributed by atoms with Crippen molar-refractivity contribution in [3.8, 4) is 0 Å². The van der Waals surface area contributed by atoms with Crippen LogP contribution in [-0.4, -0.2) is 16.9 Å². The summed E-state index contributed by atoms with van der Waals surface area (Å²) in [4.78, 5) is 12.3. The Labute approximate surface area is 114 Å². The minimum atomic E-state index is -0.239. The third-order valence-electron chi connectivity index (χ3n) is 2.90. The molecule has 3 N–H and O–H groups in total. The number of amides is 1. The van der Waals surface area contributed by atoms with Gasteiger partial charge in [0, 0.05) is 0 Å². The second-order valence-electron chi connectivity index (χ2n) is 4.79. The Morgan fingerprint density at radius 2 is 2.00 bits per heavy atom. The molecule has 4 heteroatoms. The lowest BCUT2D eigenvalue weighted by atomic mass is 10.0. The number of nitrogens with one attached hydrogen (secondary N) is 1. The van der Waals surface area contributed by atoms with Gasteiger partial charge in [-0.15, -0.1) is 0 Å². The number of thiocarbonyl (C=S) groups is 1. The summed E-state index contributed by atoms with van der Waals surface area (Å²) in [6, 6.07) is 7.61. The number of nitrogens with two attached hydrogens (primary N) is 1. The van der Waals surface area contributed by atoms with Gasteiger partial charge in [0.05, 0.1) is 17.5 Å². The van der Waals surface area contributed by atoms with Crippen molar-refractivity contribution in [2.75, 3.05) is 0 Å². The summed E-state index contributed by atoms with van der Waals surface area (Å²) in [5.74, 6) is 0.152. The average Bonchev–Trinajstić information content (AvgIpc) is 2.28. The van der Waals surface area contributed by atoms with Crippen molar-refractivity contribution < 1.29 is 4.79 Å². The highest BCUT2D eigenvalue weighted by Gasteiger charge is 2.18. The van der Waals surface area contributed by atoms with Crippen molar-refractivity contribution in [3.05, 3.63) is 35.4 Å². The molecule has 0 fully saturated rings. The fraction of sp³-hybridized carbons (Fsp3) is 0.429. The van der Waals surface area contributed by atoms with Crippen LogP contribution in [0.5, 0.6) is 0 Å². The summed E-state index contributed by atoms with van der Waals surface area (Å²) in [6.07, 6.45) is 0.360. The van der Waals surface area contributed by atoms with Gasteiger partial charge in [-0.3, -0.25) is 4.79 Å². The van der Waals surface area contributed by atoms with Crippen molar-refractivity contribution in [1.29, 1.82) is 0 Å². The molecule has 0 aliphatic carbocycles. The van der Waals surface area contributed by atoms with Gasteiger partial charge in [0.1, 0.15) is 0 Å². The SMILES string of the molecule is Cc1ccccc1CC(=O)NC(C(N)=S)C(C)C. The van der Waals surface area contributed by atoms with E-state index in [1.807, 2.05) is 45.0 Å². The number of hydrogen-bond donors (Lipinski definition) is 2. The van der Waals surface area contributed by atoms with Crippen molar-refractivity contribution in [3.63, 3.8) is 0 Å². The van der Waals surface area contributed by atoms with Crippen LogP contribution in [0.4, 0.5) is 0 Å². The van der Waals surface area contributed by atoms with E-state index in [9.17, 15) is 4.79 Å². The van der Waals surface area contributed by atoms with Crippen LogP contribution in [0.15, 0.2) is 24.3 Å². The van der Waals surface area contributed by atoms with E-state index in [1.165, 1.54) is 0 Å². The molecule has 0 heterocycles. The first-order valence-corrected chi connectivity index (χ1v) is 6.46. The van der Waals surface area contributed by atoms with Crippen LogP contribution in [0.3, 0.4) is 0 Å². The highest BCUT2D eigenvalue weighted by Crippen LogP contribution is 2.08. The molecule has 1 atom stereocenters. The zero-order valence-electron chi connectivity index (χ0n) is 11.1. The fourth-order valence-electron chi connectivity index (χ4n) is 1.77. The zero-order chi connectivity index (χ0) is 13.7. The van der Waals surface area contributed by atoms with E-state index in [0.717, 1.165) is 11.1 Å². The van der Waals surface area contributed by atoms with Gasteiger partial charge in [-0.25, -0.2) is 0 Å². The molecular weight excluding hydrogens is 244 g/mol. The van der Waals surface area contributed by atoms with Crippen molar-refractivity contribution in [2.24, 2.45) is 11.7 Å². The third-order valence-corrected chi connectivity index (χ3v) is 3.16. The first-order valence-electron chi connectivity index (χ1n) is 6.05. The molecule has 1 aromatic rings. The number of rotatable bonds is 5. The molecule has 3 nitrogen and oxygen atoms in total. The Balaban J connectivity index is 2.67. The predicted molar refractivity (Wildman–Crippen MR) is 78.4 cm³/mol. The Bertz CT molecular complexity index is 443. The molecule has 0 aliphatic rings. The summed E-state index contributed by atoms with van der Waals surface area (Å²) >= 11 is 4.97. The van der Waals surface area contributed by atoms with E-state index in [4.69, 9.17) is 18.0 Å². The van der Waals surface area contributed by atoms with E-state index in [2.05, 4.69) is 5.32 Å². The molecule has 0 aliphatic heterocycles. The lowest BCUT2D eigenvalue weighted by Crippen LogP contribution is -2.47. The minimum Gasteiger partial charge on any atom is -0.392 e. The highest BCUT2D eigenvalue weighted by molar-refractivity contribution is 7.80. The molecule has 0 saturated heterocycles. The largest absolute Gasteiger partial charge is 0.392 e. The summed E-state index contributed by atoms with van der Waals surface area (Å²) in [7, 11) is 0. The second kappa shape index (κ2) is 6.50. The van der Waals surface area contributed by atoms with Gasteiger partial charge in [0.2, 0.25) is 5.91 Å². The monoisotopic (exact) mass is 264 g/mol. The molecule has 98 valence electrons. The third kappa shape index (κ3) is 4.11. The number of carbonyl (C=O) groups is 1. The maximum Gasteiger partial charge on any atom is 0.225 e. The molecular formula is C14H20N2OS. The zero-order valence-corrected chi connectivity index (χ0v) is 11.9. The number of aryl methyl sites for hydroxylation is 1. The predicted octanol–water partition coefficient (Wildman–Crippen LogP) is 1.96. The van der Waals surface area contributed by atoms with Crippen molar-refractivity contribution in [2.45, 2.75) is 33.2 Å². The number of hydrogen-bond acceptors (Lipinski definition) is 2. The fourth-order valence-corrected chi connectivity index (χ4v) is 2.10. The number of benzene rings is 1. The van der Waals surface area contributed by atoms with Crippen LogP contribution < -0.4 is 11.1 Å². The van der Waals surface area contributed by atoms with Crippen LogP contribution in [0, 0.1) is 12.8 Å². The summed E-state index contributed by atoms with van der Waals surface area (Å²) < 4.78 is 0. The summed E-state index contributed by atoms with van der Waals surface area (Å²) in [6.45, 7) is 5.96. The normalized spacial score (nSPS) is 12.2. The average molecular weight is 264 g/mol. The number of carbonyl (C=O) groups excluding carboxylic acids is 1. The van der Waals surface area contributed by atoms with Gasteiger partial charge in [-0.2, -0.15) is 0 Å². The maximum atomic E-state index is 12.0. The van der Waals surface area contributed by atoms with E-state index >= 15 is 0 Å². The van der Waals surface area contributed by atoms with Crippen LogP contribution in [-0.2, 0) is 11.2 Å². The Hall–Kier alpha value is -1.42. The van der Waals surface area contributed by atoms with Gasteiger partial charge in [0.25, 0.3) is 0 Å². The van der Waals surface area contributed by atoms with Crippen LogP contribution in [0.2, 0.25) is 0 Å². The molecule has 1 rings (SSSR count). The quantitative estimate of drug-likeness (QED) is 0.799. The Kier molecular flexibility index (Phi) is 5.28. The molecule has 0 radical (unpaired) electrons. The van der Waals surface area contributed by atoms with E-state index in [1.54, 1.807) is 0 Å². The van der Waals surface area contributed by atoms with Gasteiger partial charge in [-0.05, 0) is 24.0 Å². The summed E-state index contributed by atoms with van der Waals surface area (Å²) in [5, 5.41) is 2.89. The minimum absolute atomic E-state index is 0.0456. The second-order valence-corrected chi connectivity index (χ2v) is 5.27. The topological polar surface area (TPSA) is 55.1 Å². The molecule has 0 aromatic heterocycles. The highest BCUT2D eigenvalue weighted by atomic mass is 32.1. The van der Waals surface area contributed by atoms with E-state index in [0.29, 0.717) is 11.4 Å². The summed E-state index contributed by atoms with van der Waals surface area (Å²) in [5.41, 5.74) is 7.77. The van der Waals surface area contributed by atoms with Crippen LogP contribution in [0.25, 0.3) is 0 Å². The Morgan fingerprint density at radius 1 is 1.39 bits per heavy atom. The van der Waals surface area contributed by atoms with Gasteiger partial charge >= 0.3 is 0 Å². The molecule has 0 saturated carbocycles. The molecule has 1 amide bonds. The van der Waals surface area contributed by atoms with Crippen molar-refractivity contribution >= 4 is 23.1 Å². The van der Waals surface area contributed by atoms with E-state index in [-0.39, 0.29) is 17.9 Å². The molecule has 0 spiro atoms. The van der Waals surface area contributed by atoms with E-state index < -0.39 is 0 Å². The first kappa shape index (κ1) is 14.6. The molecule has 0 bridgehead atoms. The molecule has 1 unspecified atom stereocenters. The van der Waals surface area contributed by atoms with Gasteiger partial charge in [0.15, 0.2) is 0 Å². The lowest BCUT2D eigenvalue weighted by Gasteiger charge is -2.21. The maximum absolute atomic E-state index is 12.0. The lowest BCUT2D eigenvalue weighted by molar-refractivity contribution is -0.121. The van der Waals surface area contributed by atoms with Crippen LogP contribution in [0.1, 0.15) is 25.0 Å². The Morgan fingerprint density at radius 3 is 2.50 bits per heavy atom. The smallest absolute Gasteiger partial charge is 0.225 e.